The Bertz CT molecular complexity index is 473. The van der Waals surface area contributed by atoms with E-state index in [9.17, 15) is 9.59 Å². The number of carboxylic acids is 1. The number of carbonyl (C=O) groups is 2. The summed E-state index contributed by atoms with van der Waals surface area (Å²) in [4.78, 5) is 21.7. The average Bonchev–Trinajstić information content (AvgIpc) is 2.82. The lowest BCUT2D eigenvalue weighted by Crippen LogP contribution is -2.05. The van der Waals surface area contributed by atoms with Crippen LogP contribution in [-0.2, 0) is 9.59 Å². The second-order valence-electron chi connectivity index (χ2n) is 11.6. The van der Waals surface area contributed by atoms with Gasteiger partial charge in [0.05, 0.1) is 0 Å². The van der Waals surface area contributed by atoms with E-state index in [0.29, 0.717) is 12.2 Å². The van der Waals surface area contributed by atoms with Crippen molar-refractivity contribution in [1.29, 1.82) is 0 Å². The van der Waals surface area contributed by atoms with Crippen LogP contribution in [-0.4, -0.2) is 16.9 Å². The number of carbonyl (C=O) groups excluding carboxylic acids is 1. The van der Waals surface area contributed by atoms with Crippen LogP contribution in [0.25, 0.3) is 0 Å². The number of carboxylic acid groups (broad SMARTS) is 1. The maximum absolute atomic E-state index is 11.2. The Morgan fingerprint density at radius 1 is 0.486 bits per heavy atom. The van der Waals surface area contributed by atoms with Crippen molar-refractivity contribution in [2.24, 2.45) is 11.8 Å². The number of ketones is 1. The van der Waals surface area contributed by atoms with E-state index in [1.54, 1.807) is 6.92 Å². The van der Waals surface area contributed by atoms with E-state index in [4.69, 9.17) is 5.11 Å². The minimum absolute atomic E-state index is 0.261. The van der Waals surface area contributed by atoms with Crippen LogP contribution in [0.3, 0.4) is 0 Å². The molecule has 0 rings (SSSR count). The van der Waals surface area contributed by atoms with Gasteiger partial charge in [-0.25, -0.2) is 0 Å². The average molecular weight is 495 g/mol. The summed E-state index contributed by atoms with van der Waals surface area (Å²) in [7, 11) is 0. The molecule has 0 fully saturated rings. The molecule has 0 aromatic carbocycles. The van der Waals surface area contributed by atoms with Crippen LogP contribution in [0.4, 0.5) is 0 Å². The molecule has 0 saturated heterocycles. The lowest BCUT2D eigenvalue weighted by Gasteiger charge is -2.11. The summed E-state index contributed by atoms with van der Waals surface area (Å²) in [5, 5.41) is 8.62. The molecular weight excluding hydrogens is 432 g/mol. The standard InChI is InChI=1S/C32H62O3/c1-29(26-22-18-16-19-23-27-30(2)31(3)33)25-21-17-14-12-10-8-6-4-5-7-9-11-13-15-20-24-28-32(34)35/h29-30H,4-28H2,1-3H3,(H,34,35). The zero-order valence-corrected chi connectivity index (χ0v) is 24.1. The van der Waals surface area contributed by atoms with Crippen LogP contribution in [0.1, 0.15) is 181 Å². The van der Waals surface area contributed by atoms with Gasteiger partial charge < -0.3 is 5.11 Å². The summed E-state index contributed by atoms with van der Waals surface area (Å²) in [6, 6.07) is 0. The van der Waals surface area contributed by atoms with Gasteiger partial charge in [0.1, 0.15) is 5.78 Å². The Labute approximate surface area is 219 Å². The fraction of sp³-hybridized carbons (Fsp3) is 0.938. The van der Waals surface area contributed by atoms with E-state index in [1.165, 1.54) is 135 Å². The zero-order chi connectivity index (χ0) is 26.0. The third kappa shape index (κ3) is 27.6. The van der Waals surface area contributed by atoms with Gasteiger partial charge in [-0.3, -0.25) is 9.59 Å². The lowest BCUT2D eigenvalue weighted by atomic mass is 9.95. The summed E-state index contributed by atoms with van der Waals surface area (Å²) >= 11 is 0. The van der Waals surface area contributed by atoms with Crippen molar-refractivity contribution in [1.82, 2.24) is 0 Å². The van der Waals surface area contributed by atoms with Crippen molar-refractivity contribution < 1.29 is 14.7 Å². The van der Waals surface area contributed by atoms with Crippen molar-refractivity contribution in [3.8, 4) is 0 Å². The quantitative estimate of drug-likeness (QED) is 0.110. The van der Waals surface area contributed by atoms with Gasteiger partial charge in [-0.1, -0.05) is 155 Å². The van der Waals surface area contributed by atoms with E-state index < -0.39 is 5.97 Å². The van der Waals surface area contributed by atoms with Gasteiger partial charge in [-0.2, -0.15) is 0 Å². The van der Waals surface area contributed by atoms with E-state index in [1.807, 2.05) is 0 Å². The monoisotopic (exact) mass is 494 g/mol. The predicted octanol–water partition coefficient (Wildman–Crippen LogP) is 10.7. The number of unbranched alkanes of at least 4 members (excludes halogenated alkanes) is 19. The van der Waals surface area contributed by atoms with Crippen molar-refractivity contribution in [2.75, 3.05) is 0 Å². The third-order valence-electron chi connectivity index (χ3n) is 7.87. The normalized spacial score (nSPS) is 13.1. The minimum atomic E-state index is -0.655. The zero-order valence-electron chi connectivity index (χ0n) is 24.1. The number of aliphatic carboxylic acids is 1. The van der Waals surface area contributed by atoms with Gasteiger partial charge in [0, 0.05) is 12.3 Å². The number of rotatable bonds is 28. The highest BCUT2D eigenvalue weighted by atomic mass is 16.4. The maximum Gasteiger partial charge on any atom is 0.303 e. The first kappa shape index (κ1) is 34.1. The highest BCUT2D eigenvalue weighted by molar-refractivity contribution is 5.77. The molecule has 3 nitrogen and oxygen atoms in total. The SMILES string of the molecule is CC(=O)C(C)CCCCCCCC(C)CCCCCCCCCCCCCCCCCCC(=O)O. The van der Waals surface area contributed by atoms with Crippen LogP contribution in [0.15, 0.2) is 0 Å². The van der Waals surface area contributed by atoms with Crippen LogP contribution in [0, 0.1) is 11.8 Å². The first-order valence-corrected chi connectivity index (χ1v) is 15.7. The largest absolute Gasteiger partial charge is 0.481 e. The van der Waals surface area contributed by atoms with Crippen LogP contribution < -0.4 is 0 Å². The fourth-order valence-corrected chi connectivity index (χ4v) is 5.07. The van der Waals surface area contributed by atoms with Crippen molar-refractivity contribution >= 4 is 11.8 Å². The number of hydrogen-bond donors (Lipinski definition) is 1. The topological polar surface area (TPSA) is 54.4 Å². The molecule has 0 aliphatic rings. The number of hydrogen-bond acceptors (Lipinski definition) is 2. The molecule has 0 bridgehead atoms. The van der Waals surface area contributed by atoms with Crippen molar-refractivity contribution in [3.05, 3.63) is 0 Å². The minimum Gasteiger partial charge on any atom is -0.481 e. The predicted molar refractivity (Wildman–Crippen MR) is 152 cm³/mol. The van der Waals surface area contributed by atoms with Crippen LogP contribution in [0.5, 0.6) is 0 Å². The van der Waals surface area contributed by atoms with Gasteiger partial charge >= 0.3 is 5.97 Å². The van der Waals surface area contributed by atoms with E-state index in [2.05, 4.69) is 13.8 Å². The van der Waals surface area contributed by atoms with Crippen molar-refractivity contribution in [2.45, 2.75) is 181 Å². The maximum atomic E-state index is 11.2. The molecule has 2 unspecified atom stereocenters. The summed E-state index contributed by atoms with van der Waals surface area (Å²) in [5.74, 6) is 0.843. The molecule has 35 heavy (non-hydrogen) atoms. The molecule has 0 aromatic heterocycles. The molecule has 1 N–H and O–H groups in total. The van der Waals surface area contributed by atoms with Crippen LogP contribution >= 0.6 is 0 Å². The third-order valence-corrected chi connectivity index (χ3v) is 7.87. The summed E-state index contributed by atoms with van der Waals surface area (Å²) in [6.45, 7) is 6.22. The molecule has 208 valence electrons. The van der Waals surface area contributed by atoms with E-state index in [0.717, 1.165) is 25.2 Å². The molecule has 0 heterocycles. The molecule has 0 saturated carbocycles. The van der Waals surface area contributed by atoms with Gasteiger partial charge in [-0.05, 0) is 25.7 Å². The molecular formula is C32H62O3. The summed E-state index contributed by atoms with van der Waals surface area (Å²) < 4.78 is 0. The molecule has 0 amide bonds. The second-order valence-corrected chi connectivity index (χ2v) is 11.6. The Kier molecular flexibility index (Phi) is 25.6. The molecule has 0 aliphatic heterocycles. The summed E-state index contributed by atoms with van der Waals surface area (Å²) in [5.41, 5.74) is 0. The Morgan fingerprint density at radius 2 is 0.771 bits per heavy atom. The Balaban J connectivity index is 3.19. The number of Topliss-reactive ketones (excluding diaryl/α,β-unsaturated/α-hetero) is 1. The first-order valence-electron chi connectivity index (χ1n) is 15.7. The highest BCUT2D eigenvalue weighted by Crippen LogP contribution is 2.19. The molecule has 0 aromatic rings. The summed E-state index contributed by atoms with van der Waals surface area (Å²) in [6.07, 6.45) is 32.1. The Morgan fingerprint density at radius 3 is 1.09 bits per heavy atom. The molecule has 0 aliphatic carbocycles. The first-order chi connectivity index (χ1) is 16.9. The van der Waals surface area contributed by atoms with E-state index in [-0.39, 0.29) is 5.92 Å². The molecule has 2 atom stereocenters. The fourth-order valence-electron chi connectivity index (χ4n) is 5.07. The molecule has 3 heteroatoms. The van der Waals surface area contributed by atoms with Gasteiger partial charge in [0.25, 0.3) is 0 Å². The van der Waals surface area contributed by atoms with E-state index >= 15 is 0 Å². The molecule has 0 radical (unpaired) electrons. The molecule has 0 spiro atoms. The van der Waals surface area contributed by atoms with Crippen molar-refractivity contribution in [3.63, 3.8) is 0 Å². The van der Waals surface area contributed by atoms with Gasteiger partial charge in [0.15, 0.2) is 0 Å². The van der Waals surface area contributed by atoms with Crippen LogP contribution in [0.2, 0.25) is 0 Å². The van der Waals surface area contributed by atoms with Gasteiger partial charge in [-0.15, -0.1) is 0 Å². The smallest absolute Gasteiger partial charge is 0.303 e. The second kappa shape index (κ2) is 26.2. The highest BCUT2D eigenvalue weighted by Gasteiger charge is 2.06. The Hall–Kier alpha value is -0.860. The van der Waals surface area contributed by atoms with Gasteiger partial charge in [0.2, 0.25) is 0 Å². The lowest BCUT2D eigenvalue weighted by molar-refractivity contribution is -0.137.